The highest BCUT2D eigenvalue weighted by Crippen LogP contribution is 1.80. The number of carbonyl (C=O) groups excluding carboxylic acids is 1. The summed E-state index contributed by atoms with van der Waals surface area (Å²) in [4.78, 5) is 10.6. The van der Waals surface area contributed by atoms with Crippen LogP contribution < -0.4 is 5.32 Å². The van der Waals surface area contributed by atoms with Gasteiger partial charge >= 0.3 is 0 Å². The normalized spacial score (nSPS) is 7.80. The molecule has 0 heterocycles. The number of alkyl halides is 1. The first kappa shape index (κ1) is 10.0. The minimum Gasteiger partial charge on any atom is -0.345 e. The molecule has 2 nitrogen and oxygen atoms in total. The Bertz CT molecular complexity index is 161. The molecule has 1 amide bonds. The second kappa shape index (κ2) is 7.16. The molecule has 10 heavy (non-hydrogen) atoms. The molecule has 0 radical (unpaired) electrons. The van der Waals surface area contributed by atoms with E-state index in [1.165, 1.54) is 0 Å². The molecule has 0 fully saturated rings. The summed E-state index contributed by atoms with van der Waals surface area (Å²) in [5, 5.41) is 2.58. The second-order valence-corrected chi connectivity index (χ2v) is 2.44. The molecule has 0 aliphatic carbocycles. The Morgan fingerprint density at radius 3 is 2.90 bits per heavy atom. The average Bonchev–Trinajstić information content (AvgIpc) is 1.89. The van der Waals surface area contributed by atoms with E-state index in [1.807, 2.05) is 22.6 Å². The molecule has 0 aromatic heterocycles. The van der Waals surface area contributed by atoms with E-state index in [0.717, 1.165) is 6.42 Å². The van der Waals surface area contributed by atoms with Crippen LogP contribution in [0.25, 0.3) is 0 Å². The largest absolute Gasteiger partial charge is 0.345 e. The molecule has 56 valence electrons. The zero-order chi connectivity index (χ0) is 7.82. The SMILES string of the molecule is O=C(C#CI)NCCCCl. The third kappa shape index (κ3) is 6.17. The number of nitrogens with one attached hydrogen (secondary N) is 1. The molecule has 0 aromatic rings. The lowest BCUT2D eigenvalue weighted by Gasteiger charge is -1.95. The van der Waals surface area contributed by atoms with E-state index in [9.17, 15) is 4.79 Å². The lowest BCUT2D eigenvalue weighted by atomic mass is 10.4. The van der Waals surface area contributed by atoms with Crippen LogP contribution in [-0.4, -0.2) is 18.3 Å². The van der Waals surface area contributed by atoms with E-state index < -0.39 is 0 Å². The molecule has 0 spiro atoms. The Hall–Kier alpha value is 0.0500. The Morgan fingerprint density at radius 2 is 2.40 bits per heavy atom. The Labute approximate surface area is 78.8 Å². The Kier molecular flexibility index (Phi) is 7.20. The smallest absolute Gasteiger partial charge is 0.296 e. The highest BCUT2D eigenvalue weighted by molar-refractivity contribution is 14.1. The number of carbonyl (C=O) groups is 1. The lowest BCUT2D eigenvalue weighted by Crippen LogP contribution is -2.22. The highest BCUT2D eigenvalue weighted by Gasteiger charge is 1.91. The fraction of sp³-hybridized carbons (Fsp3) is 0.500. The third-order valence-electron chi connectivity index (χ3n) is 0.757. The monoisotopic (exact) mass is 271 g/mol. The van der Waals surface area contributed by atoms with E-state index in [4.69, 9.17) is 11.6 Å². The van der Waals surface area contributed by atoms with Crippen molar-refractivity contribution in [2.24, 2.45) is 0 Å². The zero-order valence-electron chi connectivity index (χ0n) is 5.29. The van der Waals surface area contributed by atoms with E-state index in [1.54, 1.807) is 0 Å². The molecule has 0 unspecified atom stereocenters. The average molecular weight is 271 g/mol. The molecule has 0 aliphatic rings. The topological polar surface area (TPSA) is 29.1 Å². The molecular formula is C6H7ClINO. The van der Waals surface area contributed by atoms with Gasteiger partial charge in [-0.15, -0.1) is 11.6 Å². The summed E-state index contributed by atoms with van der Waals surface area (Å²) in [5.41, 5.74) is 0. The summed E-state index contributed by atoms with van der Waals surface area (Å²) in [5.74, 6) is 2.68. The van der Waals surface area contributed by atoms with Gasteiger partial charge in [-0.05, 0) is 10.3 Å². The van der Waals surface area contributed by atoms with Crippen LogP contribution in [-0.2, 0) is 4.79 Å². The summed E-state index contributed by atoms with van der Waals surface area (Å²) in [6.07, 6.45) is 0.788. The van der Waals surface area contributed by atoms with E-state index >= 15 is 0 Å². The van der Waals surface area contributed by atoms with Gasteiger partial charge in [0.1, 0.15) is 0 Å². The molecule has 0 saturated carbocycles. The van der Waals surface area contributed by atoms with Crippen molar-refractivity contribution in [3.8, 4) is 9.85 Å². The molecule has 4 heteroatoms. The van der Waals surface area contributed by atoms with E-state index in [-0.39, 0.29) is 5.91 Å². The molecule has 0 saturated heterocycles. The van der Waals surface area contributed by atoms with Gasteiger partial charge in [0.2, 0.25) is 0 Å². The van der Waals surface area contributed by atoms with Crippen LogP contribution in [0.5, 0.6) is 0 Å². The van der Waals surface area contributed by atoms with Crippen LogP contribution >= 0.6 is 34.2 Å². The number of halogens is 2. The first-order valence-electron chi connectivity index (χ1n) is 2.76. The molecule has 0 aromatic carbocycles. The third-order valence-corrected chi connectivity index (χ3v) is 1.29. The lowest BCUT2D eigenvalue weighted by molar-refractivity contribution is -0.115. The zero-order valence-corrected chi connectivity index (χ0v) is 8.20. The first-order valence-corrected chi connectivity index (χ1v) is 4.38. The minimum atomic E-state index is -0.237. The summed E-state index contributed by atoms with van der Waals surface area (Å²) in [6, 6.07) is 0. The van der Waals surface area contributed by atoms with Gasteiger partial charge in [-0.3, -0.25) is 4.79 Å². The predicted molar refractivity (Wildman–Crippen MR) is 50.1 cm³/mol. The van der Waals surface area contributed by atoms with Gasteiger partial charge < -0.3 is 5.32 Å². The Balaban J connectivity index is 3.28. The van der Waals surface area contributed by atoms with Gasteiger partial charge in [-0.25, -0.2) is 0 Å². The standard InChI is InChI=1S/C6H7ClINO/c7-3-1-5-9-6(10)2-4-8/h1,3,5H2,(H,9,10). The van der Waals surface area contributed by atoms with Crippen LogP contribution in [0, 0.1) is 9.85 Å². The van der Waals surface area contributed by atoms with Crippen molar-refractivity contribution < 1.29 is 4.79 Å². The molecule has 0 rings (SSSR count). The summed E-state index contributed by atoms with van der Waals surface area (Å²) < 4.78 is 2.47. The molecule has 0 aliphatic heterocycles. The van der Waals surface area contributed by atoms with E-state index in [2.05, 4.69) is 15.2 Å². The van der Waals surface area contributed by atoms with Crippen LogP contribution in [0.4, 0.5) is 0 Å². The number of hydrogen-bond acceptors (Lipinski definition) is 1. The van der Waals surface area contributed by atoms with Crippen molar-refractivity contribution in [2.75, 3.05) is 12.4 Å². The second-order valence-electron chi connectivity index (χ2n) is 1.52. The van der Waals surface area contributed by atoms with Gasteiger partial charge in [0, 0.05) is 40.9 Å². The fourth-order valence-corrected chi connectivity index (χ4v) is 0.734. The maximum atomic E-state index is 10.6. The van der Waals surface area contributed by atoms with Crippen molar-refractivity contribution in [1.29, 1.82) is 0 Å². The fourth-order valence-electron chi connectivity index (χ4n) is 0.356. The van der Waals surface area contributed by atoms with Gasteiger partial charge in [0.05, 0.1) is 0 Å². The van der Waals surface area contributed by atoms with Gasteiger partial charge in [-0.1, -0.05) is 0 Å². The van der Waals surface area contributed by atoms with Crippen LogP contribution in [0.1, 0.15) is 6.42 Å². The minimum absolute atomic E-state index is 0.237. The van der Waals surface area contributed by atoms with E-state index in [0.29, 0.717) is 12.4 Å². The van der Waals surface area contributed by atoms with Gasteiger partial charge in [0.15, 0.2) is 0 Å². The van der Waals surface area contributed by atoms with Crippen LogP contribution in [0.15, 0.2) is 0 Å². The van der Waals surface area contributed by atoms with Crippen molar-refractivity contribution >= 4 is 40.1 Å². The summed E-state index contributed by atoms with van der Waals surface area (Å²) >= 11 is 7.19. The number of hydrogen-bond donors (Lipinski definition) is 1. The van der Waals surface area contributed by atoms with Gasteiger partial charge in [-0.2, -0.15) is 0 Å². The molecular weight excluding hydrogens is 264 g/mol. The predicted octanol–water partition coefficient (Wildman–Crippen LogP) is 1.13. The van der Waals surface area contributed by atoms with Crippen molar-refractivity contribution in [2.45, 2.75) is 6.42 Å². The molecule has 0 bridgehead atoms. The highest BCUT2D eigenvalue weighted by atomic mass is 127. The number of amides is 1. The summed E-state index contributed by atoms with van der Waals surface area (Å²) in [6.45, 7) is 0.605. The van der Waals surface area contributed by atoms with Gasteiger partial charge in [0.25, 0.3) is 5.91 Å². The summed E-state index contributed by atoms with van der Waals surface area (Å²) in [7, 11) is 0. The van der Waals surface area contributed by atoms with Crippen LogP contribution in [0.2, 0.25) is 0 Å². The van der Waals surface area contributed by atoms with Crippen molar-refractivity contribution in [3.05, 3.63) is 0 Å². The Morgan fingerprint density at radius 1 is 1.70 bits per heavy atom. The first-order chi connectivity index (χ1) is 4.81. The molecule has 1 N–H and O–H groups in total. The maximum absolute atomic E-state index is 10.6. The van der Waals surface area contributed by atoms with Crippen molar-refractivity contribution in [1.82, 2.24) is 5.32 Å². The van der Waals surface area contributed by atoms with Crippen molar-refractivity contribution in [3.63, 3.8) is 0 Å². The quantitative estimate of drug-likeness (QED) is 0.354. The van der Waals surface area contributed by atoms with Crippen LogP contribution in [0.3, 0.4) is 0 Å². The molecule has 0 atom stereocenters. The maximum Gasteiger partial charge on any atom is 0.296 e. The number of rotatable bonds is 3.